The number of hydrogen-bond acceptors (Lipinski definition) is 6. The molecule has 3 aliphatic heterocycles. The number of nitrogens with zero attached hydrogens (tertiary/aromatic N) is 5. The van der Waals surface area contributed by atoms with Crippen LogP contribution in [0.5, 0.6) is 0 Å². The van der Waals surface area contributed by atoms with Gasteiger partial charge in [0, 0.05) is 57.7 Å². The van der Waals surface area contributed by atoms with E-state index in [4.69, 9.17) is 9.72 Å². The van der Waals surface area contributed by atoms with Gasteiger partial charge in [0.15, 0.2) is 0 Å². The van der Waals surface area contributed by atoms with Crippen LogP contribution in [-0.2, 0) is 22.5 Å². The largest absolute Gasteiger partial charge is 0.450 e. The van der Waals surface area contributed by atoms with Gasteiger partial charge in [-0.3, -0.25) is 19.1 Å². The SMILES string of the molecule is CCOC(=O)N1CCN(C(=O)CN2CC[C@H](c3cc(=O)n4c(n3)CCCCC4)C2)CC1. The molecule has 2 saturated heterocycles. The number of hydrogen-bond donors (Lipinski definition) is 0. The number of rotatable bonds is 4. The van der Waals surface area contributed by atoms with Crippen molar-refractivity contribution < 1.29 is 14.3 Å². The van der Waals surface area contributed by atoms with Gasteiger partial charge >= 0.3 is 6.09 Å². The number of aromatic nitrogens is 2. The molecule has 0 unspecified atom stereocenters. The molecule has 4 heterocycles. The number of amides is 2. The third-order valence-corrected chi connectivity index (χ3v) is 6.60. The average Bonchev–Trinajstić information content (AvgIpc) is 3.09. The fourth-order valence-corrected chi connectivity index (χ4v) is 4.80. The molecular formula is C22H33N5O4. The molecule has 0 saturated carbocycles. The summed E-state index contributed by atoms with van der Waals surface area (Å²) in [5.74, 6) is 1.23. The second-order valence-electron chi connectivity index (χ2n) is 8.69. The Morgan fingerprint density at radius 2 is 1.84 bits per heavy atom. The summed E-state index contributed by atoms with van der Waals surface area (Å²) in [5, 5.41) is 0. The first-order chi connectivity index (χ1) is 15.0. The van der Waals surface area contributed by atoms with Gasteiger partial charge in [-0.15, -0.1) is 0 Å². The fourth-order valence-electron chi connectivity index (χ4n) is 4.80. The highest BCUT2D eigenvalue weighted by molar-refractivity contribution is 5.78. The zero-order chi connectivity index (χ0) is 21.8. The van der Waals surface area contributed by atoms with Gasteiger partial charge in [-0.1, -0.05) is 6.42 Å². The highest BCUT2D eigenvalue weighted by atomic mass is 16.6. The Hall–Kier alpha value is -2.42. The van der Waals surface area contributed by atoms with Gasteiger partial charge < -0.3 is 14.5 Å². The topological polar surface area (TPSA) is 88.0 Å². The zero-order valence-corrected chi connectivity index (χ0v) is 18.4. The van der Waals surface area contributed by atoms with E-state index in [1.165, 1.54) is 0 Å². The van der Waals surface area contributed by atoms with Gasteiger partial charge in [-0.25, -0.2) is 9.78 Å². The van der Waals surface area contributed by atoms with Gasteiger partial charge in [0.1, 0.15) is 5.82 Å². The molecule has 9 heteroatoms. The lowest BCUT2D eigenvalue weighted by atomic mass is 10.0. The summed E-state index contributed by atoms with van der Waals surface area (Å²) in [6, 6.07) is 1.71. The summed E-state index contributed by atoms with van der Waals surface area (Å²) >= 11 is 0. The molecule has 170 valence electrons. The second kappa shape index (κ2) is 9.80. The normalized spacial score (nSPS) is 22.2. The second-order valence-corrected chi connectivity index (χ2v) is 8.69. The van der Waals surface area contributed by atoms with Crippen molar-refractivity contribution in [3.8, 4) is 0 Å². The number of piperazine rings is 1. The van der Waals surface area contributed by atoms with Crippen molar-refractivity contribution in [1.29, 1.82) is 0 Å². The molecule has 1 aromatic heterocycles. The lowest BCUT2D eigenvalue weighted by Gasteiger charge is -2.34. The van der Waals surface area contributed by atoms with Crippen LogP contribution in [0.3, 0.4) is 0 Å². The molecule has 0 aliphatic carbocycles. The Bertz CT molecular complexity index is 862. The van der Waals surface area contributed by atoms with E-state index in [0.29, 0.717) is 39.3 Å². The molecule has 3 aliphatic rings. The predicted molar refractivity (Wildman–Crippen MR) is 115 cm³/mol. The minimum absolute atomic E-state index is 0.0656. The highest BCUT2D eigenvalue weighted by Crippen LogP contribution is 2.26. The van der Waals surface area contributed by atoms with E-state index >= 15 is 0 Å². The van der Waals surface area contributed by atoms with Crippen LogP contribution in [0, 0.1) is 0 Å². The molecule has 4 rings (SSSR count). The van der Waals surface area contributed by atoms with Crippen molar-refractivity contribution in [2.24, 2.45) is 0 Å². The van der Waals surface area contributed by atoms with E-state index in [1.54, 1.807) is 17.9 Å². The van der Waals surface area contributed by atoms with Crippen LogP contribution >= 0.6 is 0 Å². The predicted octanol–water partition coefficient (Wildman–Crippen LogP) is 1.06. The number of carbonyl (C=O) groups is 2. The summed E-state index contributed by atoms with van der Waals surface area (Å²) in [6.07, 6.45) is 4.76. The maximum atomic E-state index is 12.8. The summed E-state index contributed by atoms with van der Waals surface area (Å²) in [5.41, 5.74) is 0.951. The van der Waals surface area contributed by atoms with E-state index in [9.17, 15) is 14.4 Å². The first-order valence-electron chi connectivity index (χ1n) is 11.6. The molecule has 0 N–H and O–H groups in total. The van der Waals surface area contributed by atoms with Crippen molar-refractivity contribution in [3.63, 3.8) is 0 Å². The van der Waals surface area contributed by atoms with E-state index < -0.39 is 0 Å². The molecular weight excluding hydrogens is 398 g/mol. The molecule has 1 atom stereocenters. The molecule has 0 bridgehead atoms. The van der Waals surface area contributed by atoms with Crippen molar-refractivity contribution in [2.75, 3.05) is 52.4 Å². The van der Waals surface area contributed by atoms with Crippen molar-refractivity contribution in [1.82, 2.24) is 24.3 Å². The fraction of sp³-hybridized carbons (Fsp3) is 0.727. The van der Waals surface area contributed by atoms with Crippen LogP contribution < -0.4 is 5.56 Å². The van der Waals surface area contributed by atoms with Crippen LogP contribution in [0.4, 0.5) is 4.79 Å². The van der Waals surface area contributed by atoms with E-state index in [1.807, 2.05) is 9.47 Å². The Labute approximate surface area is 183 Å². The number of fused-ring (bicyclic) bond motifs is 1. The minimum Gasteiger partial charge on any atom is -0.450 e. The molecule has 1 aromatic rings. The van der Waals surface area contributed by atoms with Crippen molar-refractivity contribution in [3.05, 3.63) is 27.9 Å². The first kappa shape index (κ1) is 21.8. The van der Waals surface area contributed by atoms with Gasteiger partial charge in [0.05, 0.1) is 18.8 Å². The highest BCUT2D eigenvalue weighted by Gasteiger charge is 2.30. The smallest absolute Gasteiger partial charge is 0.409 e. The van der Waals surface area contributed by atoms with Crippen LogP contribution in [-0.4, -0.2) is 88.7 Å². The first-order valence-corrected chi connectivity index (χ1v) is 11.6. The molecule has 9 nitrogen and oxygen atoms in total. The van der Waals surface area contributed by atoms with Gasteiger partial charge in [0.2, 0.25) is 5.91 Å². The van der Waals surface area contributed by atoms with Crippen molar-refractivity contribution in [2.45, 2.75) is 51.5 Å². The molecule has 2 amide bonds. The molecule has 0 radical (unpaired) electrons. The molecule has 0 spiro atoms. The lowest BCUT2D eigenvalue weighted by Crippen LogP contribution is -2.52. The van der Waals surface area contributed by atoms with Crippen LogP contribution in [0.25, 0.3) is 0 Å². The summed E-state index contributed by atoms with van der Waals surface area (Å²) in [4.78, 5) is 47.7. The standard InChI is InChI=1S/C22H33N5O4/c1-2-31-22(30)26-12-10-25(11-13-26)21(29)16-24-9-7-17(15-24)18-14-20(28)27-8-5-3-4-6-19(27)23-18/h14,17H,2-13,15-16H2,1H3/t17-/m0/s1. The Morgan fingerprint density at radius 3 is 2.61 bits per heavy atom. The number of ether oxygens (including phenoxy) is 1. The zero-order valence-electron chi connectivity index (χ0n) is 18.4. The number of carbonyl (C=O) groups excluding carboxylic acids is 2. The number of aryl methyl sites for hydroxylation is 1. The van der Waals surface area contributed by atoms with E-state index in [2.05, 4.69) is 4.90 Å². The third kappa shape index (κ3) is 5.08. The van der Waals surface area contributed by atoms with Crippen LogP contribution in [0.15, 0.2) is 10.9 Å². The van der Waals surface area contributed by atoms with Gasteiger partial charge in [-0.2, -0.15) is 0 Å². The average molecular weight is 432 g/mol. The minimum atomic E-state index is -0.304. The summed E-state index contributed by atoms with van der Waals surface area (Å²) in [6.45, 7) is 6.99. The summed E-state index contributed by atoms with van der Waals surface area (Å²) in [7, 11) is 0. The van der Waals surface area contributed by atoms with Crippen LogP contribution in [0.1, 0.15) is 50.0 Å². The molecule has 0 aromatic carbocycles. The lowest BCUT2D eigenvalue weighted by molar-refractivity contribution is -0.133. The monoisotopic (exact) mass is 431 g/mol. The summed E-state index contributed by atoms with van der Waals surface area (Å²) < 4.78 is 6.87. The van der Waals surface area contributed by atoms with E-state index in [-0.39, 0.29) is 23.5 Å². The Kier molecular flexibility index (Phi) is 6.89. The maximum Gasteiger partial charge on any atom is 0.409 e. The molecule has 2 fully saturated rings. The Morgan fingerprint density at radius 1 is 1.06 bits per heavy atom. The third-order valence-electron chi connectivity index (χ3n) is 6.60. The van der Waals surface area contributed by atoms with E-state index in [0.717, 1.165) is 63.3 Å². The molecule has 31 heavy (non-hydrogen) atoms. The quantitative estimate of drug-likeness (QED) is 0.708. The van der Waals surface area contributed by atoms with Crippen molar-refractivity contribution >= 4 is 12.0 Å². The van der Waals surface area contributed by atoms with Gasteiger partial charge in [-0.05, 0) is 32.7 Å². The Balaban J connectivity index is 1.30. The maximum absolute atomic E-state index is 12.8. The van der Waals surface area contributed by atoms with Crippen LogP contribution in [0.2, 0.25) is 0 Å². The number of likely N-dealkylation sites (tertiary alicyclic amines) is 1. The van der Waals surface area contributed by atoms with Gasteiger partial charge in [0.25, 0.3) is 5.56 Å².